The van der Waals surface area contributed by atoms with Crippen LogP contribution in [-0.2, 0) is 6.54 Å². The van der Waals surface area contributed by atoms with Crippen molar-refractivity contribution in [3.63, 3.8) is 0 Å². The van der Waals surface area contributed by atoms with Crippen LogP contribution in [-0.4, -0.2) is 24.4 Å². The Labute approximate surface area is 103 Å². The predicted octanol–water partition coefficient (Wildman–Crippen LogP) is 1.35. The minimum Gasteiger partial charge on any atom is -0.492 e. The van der Waals surface area contributed by atoms with Gasteiger partial charge in [-0.15, -0.1) is 0 Å². The molecule has 96 valence electrons. The average Bonchev–Trinajstić information content (AvgIpc) is 2.86. The molecule has 0 aliphatic rings. The van der Waals surface area contributed by atoms with E-state index in [0.29, 0.717) is 5.56 Å². The Kier molecular flexibility index (Phi) is 3.42. The Morgan fingerprint density at radius 3 is 2.56 bits per heavy atom. The SMILES string of the molecule is COc1c(F)ccc(-c2noc(CN)n2)c1OC. The third kappa shape index (κ3) is 2.00. The van der Waals surface area contributed by atoms with Crippen LogP contribution in [0.25, 0.3) is 11.4 Å². The number of ether oxygens (including phenoxy) is 2. The van der Waals surface area contributed by atoms with Gasteiger partial charge in [0.25, 0.3) is 0 Å². The van der Waals surface area contributed by atoms with E-state index in [0.717, 1.165) is 0 Å². The molecule has 0 unspecified atom stereocenters. The molecular weight excluding hydrogens is 241 g/mol. The van der Waals surface area contributed by atoms with E-state index in [-0.39, 0.29) is 29.8 Å². The second-order valence-corrected chi connectivity index (χ2v) is 3.38. The summed E-state index contributed by atoms with van der Waals surface area (Å²) in [6, 6.07) is 2.73. The number of hydrogen-bond acceptors (Lipinski definition) is 6. The number of nitrogens with zero attached hydrogens (tertiary/aromatic N) is 2. The molecule has 1 aromatic carbocycles. The summed E-state index contributed by atoms with van der Waals surface area (Å²) >= 11 is 0. The van der Waals surface area contributed by atoms with Gasteiger partial charge in [-0.1, -0.05) is 5.16 Å². The van der Waals surface area contributed by atoms with Crippen molar-refractivity contribution in [2.45, 2.75) is 6.54 Å². The van der Waals surface area contributed by atoms with Crippen molar-refractivity contribution < 1.29 is 18.4 Å². The number of methoxy groups -OCH3 is 2. The molecule has 0 aliphatic carbocycles. The molecule has 0 atom stereocenters. The van der Waals surface area contributed by atoms with Crippen LogP contribution in [0.4, 0.5) is 4.39 Å². The molecule has 0 fully saturated rings. The lowest BCUT2D eigenvalue weighted by atomic mass is 10.1. The molecule has 0 saturated heterocycles. The first-order valence-electron chi connectivity index (χ1n) is 5.14. The minimum absolute atomic E-state index is 0.00546. The fraction of sp³-hybridized carbons (Fsp3) is 0.273. The van der Waals surface area contributed by atoms with Gasteiger partial charge >= 0.3 is 0 Å². The van der Waals surface area contributed by atoms with E-state index in [9.17, 15) is 4.39 Å². The maximum atomic E-state index is 13.5. The molecule has 2 N–H and O–H groups in total. The Bertz CT molecular complexity index is 556. The predicted molar refractivity (Wildman–Crippen MR) is 60.7 cm³/mol. The largest absolute Gasteiger partial charge is 0.492 e. The Hall–Kier alpha value is -2.15. The van der Waals surface area contributed by atoms with Crippen LogP contribution in [0.3, 0.4) is 0 Å². The maximum absolute atomic E-state index is 13.5. The lowest BCUT2D eigenvalue weighted by Crippen LogP contribution is -1.98. The standard InChI is InChI=1S/C11H12FN3O3/c1-16-9-6(3-4-7(12)10(9)17-2)11-14-8(5-13)18-15-11/h3-4H,5,13H2,1-2H3. The maximum Gasteiger partial charge on any atom is 0.240 e. The molecule has 2 aromatic rings. The third-order valence-corrected chi connectivity index (χ3v) is 2.36. The zero-order valence-electron chi connectivity index (χ0n) is 9.94. The van der Waals surface area contributed by atoms with Gasteiger partial charge in [0.2, 0.25) is 11.7 Å². The van der Waals surface area contributed by atoms with Gasteiger partial charge in [-0.2, -0.15) is 4.98 Å². The summed E-state index contributed by atoms with van der Waals surface area (Å²) in [5.74, 6) is 0.234. The molecule has 0 radical (unpaired) electrons. The first-order chi connectivity index (χ1) is 8.71. The van der Waals surface area contributed by atoms with Crippen LogP contribution in [0.5, 0.6) is 11.5 Å². The van der Waals surface area contributed by atoms with E-state index in [1.807, 2.05) is 0 Å². The highest BCUT2D eigenvalue weighted by Gasteiger charge is 2.19. The fourth-order valence-corrected chi connectivity index (χ4v) is 1.55. The molecule has 7 heteroatoms. The lowest BCUT2D eigenvalue weighted by molar-refractivity contribution is 0.338. The topological polar surface area (TPSA) is 83.4 Å². The third-order valence-electron chi connectivity index (χ3n) is 2.36. The van der Waals surface area contributed by atoms with Gasteiger partial charge in [-0.3, -0.25) is 0 Å². The number of aromatic nitrogens is 2. The van der Waals surface area contributed by atoms with Gasteiger partial charge in [-0.05, 0) is 12.1 Å². The van der Waals surface area contributed by atoms with Crippen molar-refractivity contribution in [2.75, 3.05) is 14.2 Å². The molecule has 0 amide bonds. The summed E-state index contributed by atoms with van der Waals surface area (Å²) < 4.78 is 28.5. The van der Waals surface area contributed by atoms with Crippen LogP contribution >= 0.6 is 0 Å². The van der Waals surface area contributed by atoms with Crippen LogP contribution < -0.4 is 15.2 Å². The Morgan fingerprint density at radius 1 is 1.28 bits per heavy atom. The van der Waals surface area contributed by atoms with E-state index < -0.39 is 5.82 Å². The molecule has 18 heavy (non-hydrogen) atoms. The second kappa shape index (κ2) is 5.01. The quantitative estimate of drug-likeness (QED) is 0.885. The molecule has 0 spiro atoms. The Morgan fingerprint density at radius 2 is 2.00 bits per heavy atom. The highest BCUT2D eigenvalue weighted by Crippen LogP contribution is 2.38. The van der Waals surface area contributed by atoms with Crippen molar-refractivity contribution in [1.82, 2.24) is 10.1 Å². The van der Waals surface area contributed by atoms with E-state index >= 15 is 0 Å². The summed E-state index contributed by atoms with van der Waals surface area (Å²) in [5, 5.41) is 3.75. The first-order valence-corrected chi connectivity index (χ1v) is 5.14. The average molecular weight is 253 g/mol. The highest BCUT2D eigenvalue weighted by atomic mass is 19.1. The molecule has 0 saturated carbocycles. The number of rotatable bonds is 4. The summed E-state index contributed by atoms with van der Waals surface area (Å²) in [4.78, 5) is 4.05. The van der Waals surface area contributed by atoms with E-state index in [2.05, 4.69) is 10.1 Å². The van der Waals surface area contributed by atoms with Gasteiger partial charge in [0, 0.05) is 0 Å². The molecule has 0 bridgehead atoms. The van der Waals surface area contributed by atoms with Gasteiger partial charge in [-0.25, -0.2) is 4.39 Å². The number of halogens is 1. The van der Waals surface area contributed by atoms with Crippen LogP contribution in [0.2, 0.25) is 0 Å². The summed E-state index contributed by atoms with van der Waals surface area (Å²) in [7, 11) is 2.76. The van der Waals surface area contributed by atoms with E-state index in [1.165, 1.54) is 26.4 Å². The summed E-state index contributed by atoms with van der Waals surface area (Å²) in [6.07, 6.45) is 0. The van der Waals surface area contributed by atoms with Crippen molar-refractivity contribution in [2.24, 2.45) is 5.73 Å². The van der Waals surface area contributed by atoms with Crippen LogP contribution in [0.1, 0.15) is 5.89 Å². The van der Waals surface area contributed by atoms with Gasteiger partial charge in [0.1, 0.15) is 0 Å². The Balaban J connectivity index is 2.56. The zero-order valence-corrected chi connectivity index (χ0v) is 9.94. The second-order valence-electron chi connectivity index (χ2n) is 3.38. The number of hydrogen-bond donors (Lipinski definition) is 1. The van der Waals surface area contributed by atoms with Crippen molar-refractivity contribution in [3.8, 4) is 22.9 Å². The van der Waals surface area contributed by atoms with Gasteiger partial charge < -0.3 is 19.7 Å². The van der Waals surface area contributed by atoms with Gasteiger partial charge in [0.05, 0.1) is 26.3 Å². The van der Waals surface area contributed by atoms with Crippen LogP contribution in [0, 0.1) is 5.82 Å². The molecule has 1 aromatic heterocycles. The highest BCUT2D eigenvalue weighted by molar-refractivity contribution is 5.68. The zero-order chi connectivity index (χ0) is 13.1. The summed E-state index contributed by atoms with van der Waals surface area (Å²) in [5.41, 5.74) is 5.85. The molecular formula is C11H12FN3O3. The minimum atomic E-state index is -0.527. The molecule has 1 heterocycles. The molecule has 6 nitrogen and oxygen atoms in total. The number of benzene rings is 1. The first kappa shape index (κ1) is 12.3. The van der Waals surface area contributed by atoms with Crippen molar-refractivity contribution in [3.05, 3.63) is 23.8 Å². The fourth-order valence-electron chi connectivity index (χ4n) is 1.55. The lowest BCUT2D eigenvalue weighted by Gasteiger charge is -2.10. The van der Waals surface area contributed by atoms with E-state index in [4.69, 9.17) is 19.7 Å². The molecule has 0 aliphatic heterocycles. The van der Waals surface area contributed by atoms with Crippen molar-refractivity contribution in [1.29, 1.82) is 0 Å². The molecule has 2 rings (SSSR count). The van der Waals surface area contributed by atoms with Crippen molar-refractivity contribution >= 4 is 0 Å². The van der Waals surface area contributed by atoms with Crippen LogP contribution in [0.15, 0.2) is 16.7 Å². The van der Waals surface area contributed by atoms with Gasteiger partial charge in [0.15, 0.2) is 17.3 Å². The number of nitrogens with two attached hydrogens (primary N) is 1. The smallest absolute Gasteiger partial charge is 0.240 e. The van der Waals surface area contributed by atoms with E-state index in [1.54, 1.807) is 0 Å². The summed E-state index contributed by atoms with van der Waals surface area (Å²) in [6.45, 7) is 0.133. The normalized spacial score (nSPS) is 10.4. The monoisotopic (exact) mass is 253 g/mol.